The lowest BCUT2D eigenvalue weighted by Crippen LogP contribution is -2.28. The Bertz CT molecular complexity index is 158. The van der Waals surface area contributed by atoms with Crippen LogP contribution in [0.25, 0.3) is 0 Å². The Morgan fingerprint density at radius 1 is 1.46 bits per heavy atom. The summed E-state index contributed by atoms with van der Waals surface area (Å²) in [6.45, 7) is 8.00. The Kier molecular flexibility index (Phi) is 4.99. The maximum absolute atomic E-state index is 11.1. The van der Waals surface area contributed by atoms with Gasteiger partial charge in [-0.3, -0.25) is 4.79 Å². The van der Waals surface area contributed by atoms with Gasteiger partial charge in [0.25, 0.3) is 0 Å². The lowest BCUT2D eigenvalue weighted by molar-refractivity contribution is -0.153. The zero-order valence-electron chi connectivity index (χ0n) is 8.96. The van der Waals surface area contributed by atoms with Gasteiger partial charge in [0.15, 0.2) is 0 Å². The first-order valence-electron chi connectivity index (χ1n) is 4.68. The van der Waals surface area contributed by atoms with Crippen molar-refractivity contribution in [3.05, 3.63) is 0 Å². The molecule has 3 nitrogen and oxygen atoms in total. The Morgan fingerprint density at radius 2 is 2.00 bits per heavy atom. The highest BCUT2D eigenvalue weighted by Crippen LogP contribution is 2.21. The first-order valence-corrected chi connectivity index (χ1v) is 4.68. The monoisotopic (exact) mass is 188 g/mol. The van der Waals surface area contributed by atoms with Crippen molar-refractivity contribution in [3.8, 4) is 0 Å². The fourth-order valence-electron chi connectivity index (χ4n) is 0.656. The van der Waals surface area contributed by atoms with Crippen LogP contribution in [0.3, 0.4) is 0 Å². The highest BCUT2D eigenvalue weighted by Gasteiger charge is 2.23. The minimum absolute atomic E-state index is 0.0190. The summed E-state index contributed by atoms with van der Waals surface area (Å²) in [5, 5.41) is 8.50. The van der Waals surface area contributed by atoms with Crippen LogP contribution < -0.4 is 0 Å². The molecule has 0 aromatic heterocycles. The van der Waals surface area contributed by atoms with Crippen molar-refractivity contribution < 1.29 is 14.6 Å². The van der Waals surface area contributed by atoms with E-state index in [1.807, 2.05) is 27.7 Å². The van der Waals surface area contributed by atoms with Gasteiger partial charge in [-0.2, -0.15) is 0 Å². The van der Waals surface area contributed by atoms with Crippen LogP contribution in [0.2, 0.25) is 0 Å². The van der Waals surface area contributed by atoms with Gasteiger partial charge in [0, 0.05) is 13.0 Å². The molecule has 1 atom stereocenters. The van der Waals surface area contributed by atoms with Gasteiger partial charge in [-0.15, -0.1) is 0 Å². The van der Waals surface area contributed by atoms with Crippen LogP contribution in [-0.4, -0.2) is 23.8 Å². The van der Waals surface area contributed by atoms with Crippen molar-refractivity contribution in [2.45, 2.75) is 46.6 Å². The van der Waals surface area contributed by atoms with E-state index in [1.54, 1.807) is 0 Å². The number of esters is 1. The number of carbonyl (C=O) groups excluding carboxylic acids is 1. The second kappa shape index (κ2) is 5.22. The van der Waals surface area contributed by atoms with E-state index in [0.717, 1.165) is 0 Å². The van der Waals surface area contributed by atoms with E-state index < -0.39 is 0 Å². The summed E-state index contributed by atoms with van der Waals surface area (Å²) in [5.41, 5.74) is -0.0190. The molecule has 0 aliphatic carbocycles. The average Bonchev–Trinajstić information content (AvgIpc) is 1.99. The zero-order valence-corrected chi connectivity index (χ0v) is 8.96. The molecule has 78 valence electrons. The van der Waals surface area contributed by atoms with Gasteiger partial charge in [-0.25, -0.2) is 0 Å². The molecular weight excluding hydrogens is 168 g/mol. The number of hydrogen-bond donors (Lipinski definition) is 1. The second-order valence-corrected chi connectivity index (χ2v) is 4.33. The molecule has 13 heavy (non-hydrogen) atoms. The lowest BCUT2D eigenvalue weighted by Gasteiger charge is -2.26. The van der Waals surface area contributed by atoms with E-state index in [2.05, 4.69) is 0 Å². The Morgan fingerprint density at radius 3 is 2.38 bits per heavy atom. The van der Waals surface area contributed by atoms with Gasteiger partial charge >= 0.3 is 5.97 Å². The second-order valence-electron chi connectivity index (χ2n) is 4.33. The van der Waals surface area contributed by atoms with Gasteiger partial charge in [-0.1, -0.05) is 20.8 Å². The number of carbonyl (C=O) groups is 1. The normalized spacial score (nSPS) is 13.9. The minimum Gasteiger partial charge on any atom is -0.462 e. The molecule has 0 aromatic rings. The fourth-order valence-corrected chi connectivity index (χ4v) is 0.656. The van der Waals surface area contributed by atoms with Crippen LogP contribution >= 0.6 is 0 Å². The highest BCUT2D eigenvalue weighted by molar-refractivity contribution is 5.69. The Labute approximate surface area is 80.1 Å². The third-order valence-corrected chi connectivity index (χ3v) is 2.07. The maximum Gasteiger partial charge on any atom is 0.306 e. The summed E-state index contributed by atoms with van der Waals surface area (Å²) in [5.74, 6) is -0.225. The number of hydrogen-bond acceptors (Lipinski definition) is 3. The summed E-state index contributed by atoms with van der Waals surface area (Å²) < 4.78 is 5.17. The minimum atomic E-state index is -0.225. The van der Waals surface area contributed by atoms with Gasteiger partial charge in [0.05, 0.1) is 0 Å². The summed E-state index contributed by atoms with van der Waals surface area (Å²) >= 11 is 0. The van der Waals surface area contributed by atoms with Crippen LogP contribution in [0.1, 0.15) is 40.5 Å². The fraction of sp³-hybridized carbons (Fsp3) is 0.900. The molecule has 0 saturated heterocycles. The number of aliphatic hydroxyl groups is 1. The molecule has 0 bridgehead atoms. The quantitative estimate of drug-likeness (QED) is 0.683. The standard InChI is InChI=1S/C10H20O3/c1-8(10(2,3)4)13-9(12)6-5-7-11/h8,11H,5-7H2,1-4H3/t8-/m1/s1. The summed E-state index contributed by atoms with van der Waals surface area (Å²) in [6.07, 6.45) is 0.700. The molecule has 0 aromatic carbocycles. The number of ether oxygens (including phenoxy) is 1. The SMILES string of the molecule is C[C@@H](OC(=O)CCCO)C(C)(C)C. The summed E-state index contributed by atoms with van der Waals surface area (Å²) in [7, 11) is 0. The number of rotatable bonds is 4. The smallest absolute Gasteiger partial charge is 0.306 e. The largest absolute Gasteiger partial charge is 0.462 e. The van der Waals surface area contributed by atoms with Gasteiger partial charge in [0.2, 0.25) is 0 Å². The third kappa shape index (κ3) is 5.64. The third-order valence-electron chi connectivity index (χ3n) is 2.07. The van der Waals surface area contributed by atoms with E-state index >= 15 is 0 Å². The summed E-state index contributed by atoms with van der Waals surface area (Å²) in [6, 6.07) is 0. The van der Waals surface area contributed by atoms with Gasteiger partial charge in [0.1, 0.15) is 6.10 Å². The van der Waals surface area contributed by atoms with Crippen LogP contribution in [0.15, 0.2) is 0 Å². The topological polar surface area (TPSA) is 46.5 Å². The van der Waals surface area contributed by atoms with Crippen molar-refractivity contribution in [3.63, 3.8) is 0 Å². The first kappa shape index (κ1) is 12.4. The molecule has 0 radical (unpaired) electrons. The molecule has 0 aliphatic heterocycles. The maximum atomic E-state index is 11.1. The van der Waals surface area contributed by atoms with E-state index in [-0.39, 0.29) is 24.1 Å². The molecule has 0 fully saturated rings. The van der Waals surface area contributed by atoms with E-state index in [9.17, 15) is 4.79 Å². The number of aliphatic hydroxyl groups excluding tert-OH is 1. The van der Waals surface area contributed by atoms with E-state index in [0.29, 0.717) is 12.8 Å². The van der Waals surface area contributed by atoms with Gasteiger partial charge < -0.3 is 9.84 Å². The lowest BCUT2D eigenvalue weighted by atomic mass is 9.90. The first-order chi connectivity index (χ1) is 5.88. The molecular formula is C10H20O3. The summed E-state index contributed by atoms with van der Waals surface area (Å²) in [4.78, 5) is 11.1. The molecule has 0 amide bonds. The zero-order chi connectivity index (χ0) is 10.5. The Hall–Kier alpha value is -0.570. The van der Waals surface area contributed by atoms with Crippen molar-refractivity contribution in [1.29, 1.82) is 0 Å². The highest BCUT2D eigenvalue weighted by atomic mass is 16.5. The van der Waals surface area contributed by atoms with Crippen LogP contribution in [0.4, 0.5) is 0 Å². The molecule has 0 aliphatic rings. The van der Waals surface area contributed by atoms with Crippen molar-refractivity contribution in [2.24, 2.45) is 5.41 Å². The van der Waals surface area contributed by atoms with E-state index in [4.69, 9.17) is 9.84 Å². The van der Waals surface area contributed by atoms with Crippen LogP contribution in [-0.2, 0) is 9.53 Å². The predicted molar refractivity (Wildman–Crippen MR) is 51.3 cm³/mol. The predicted octanol–water partition coefficient (Wildman–Crippen LogP) is 1.74. The average molecular weight is 188 g/mol. The van der Waals surface area contributed by atoms with E-state index in [1.165, 1.54) is 0 Å². The van der Waals surface area contributed by atoms with Crippen molar-refractivity contribution >= 4 is 5.97 Å². The molecule has 0 unspecified atom stereocenters. The molecule has 0 spiro atoms. The van der Waals surface area contributed by atoms with Crippen LogP contribution in [0.5, 0.6) is 0 Å². The molecule has 3 heteroatoms. The molecule has 0 heterocycles. The van der Waals surface area contributed by atoms with Gasteiger partial charge in [-0.05, 0) is 18.8 Å². The molecule has 1 N–H and O–H groups in total. The van der Waals surface area contributed by atoms with Crippen molar-refractivity contribution in [2.75, 3.05) is 6.61 Å². The molecule has 0 rings (SSSR count). The van der Waals surface area contributed by atoms with Crippen LogP contribution in [0, 0.1) is 5.41 Å². The van der Waals surface area contributed by atoms with Crippen molar-refractivity contribution in [1.82, 2.24) is 0 Å². The molecule has 0 saturated carbocycles. The Balaban J connectivity index is 3.79.